The van der Waals surface area contributed by atoms with Gasteiger partial charge in [-0.15, -0.1) is 10.2 Å². The maximum absolute atomic E-state index is 15.9. The summed E-state index contributed by atoms with van der Waals surface area (Å²) in [6, 6.07) is 17.5. The predicted molar refractivity (Wildman–Crippen MR) is 171 cm³/mol. The largest absolute Gasteiger partial charge is 0.450 e. The van der Waals surface area contributed by atoms with Gasteiger partial charge in [-0.05, 0) is 60.7 Å². The molecular weight excluding hydrogens is 655 g/mol. The molecule has 0 aliphatic carbocycles. The first-order valence-corrected chi connectivity index (χ1v) is 14.4. The molecule has 0 atom stereocenters. The van der Waals surface area contributed by atoms with E-state index in [0.29, 0.717) is 0 Å². The second-order valence-electron chi connectivity index (χ2n) is 11.0. The van der Waals surface area contributed by atoms with Crippen molar-refractivity contribution < 1.29 is 35.5 Å². The highest BCUT2D eigenvalue weighted by Gasteiger charge is 2.40. The molecule has 0 amide bonds. The molecule has 6 rings (SSSR count). The summed E-state index contributed by atoms with van der Waals surface area (Å²) in [4.78, 5) is 3.86. The molecule has 0 unspecified atom stereocenters. The first kappa shape index (κ1) is 32.9. The van der Waals surface area contributed by atoms with E-state index in [2.05, 4.69) is 20.5 Å². The molecule has 0 bridgehead atoms. The number of rotatable bonds is 7. The van der Waals surface area contributed by atoms with Gasteiger partial charge in [0.05, 0.1) is 17.1 Å². The van der Waals surface area contributed by atoms with Crippen molar-refractivity contribution in [2.24, 2.45) is 20.5 Å². The minimum Gasteiger partial charge on any atom is -0.450 e. The number of anilines is 5. The Kier molecular flexibility index (Phi) is 8.67. The molecule has 1 heterocycles. The Morgan fingerprint density at radius 1 is 0.490 bits per heavy atom. The molecule has 0 saturated heterocycles. The Balaban J connectivity index is 1.47. The summed E-state index contributed by atoms with van der Waals surface area (Å²) in [6.45, 7) is 0. The van der Waals surface area contributed by atoms with Crippen LogP contribution in [0.1, 0.15) is 0 Å². The van der Waals surface area contributed by atoms with E-state index in [-0.39, 0.29) is 22.0 Å². The van der Waals surface area contributed by atoms with Crippen LogP contribution in [0.2, 0.25) is 0 Å². The molecule has 8 nitrogen and oxygen atoms in total. The van der Waals surface area contributed by atoms with E-state index in [4.69, 9.17) is 4.74 Å². The topological polar surface area (TPSA) is 68.4 Å². The zero-order valence-electron chi connectivity index (χ0n) is 26.1. The molecule has 5 aromatic rings. The van der Waals surface area contributed by atoms with Crippen molar-refractivity contribution in [1.29, 1.82) is 0 Å². The fourth-order valence-electron chi connectivity index (χ4n) is 4.93. The van der Waals surface area contributed by atoms with E-state index in [0.717, 1.165) is 17.4 Å². The average Bonchev–Trinajstić information content (AvgIpc) is 3.10. The lowest BCUT2D eigenvalue weighted by Crippen LogP contribution is -2.22. The van der Waals surface area contributed by atoms with Gasteiger partial charge in [0, 0.05) is 39.6 Å². The summed E-state index contributed by atoms with van der Waals surface area (Å²) < 4.78 is 115. The summed E-state index contributed by atoms with van der Waals surface area (Å²) in [5, 5.41) is 14.4. The van der Waals surface area contributed by atoms with E-state index in [1.807, 2.05) is 0 Å². The van der Waals surface area contributed by atoms with Crippen LogP contribution in [0.3, 0.4) is 0 Å². The Labute approximate surface area is 275 Å². The molecule has 0 fully saturated rings. The quantitative estimate of drug-likeness (QED) is 0.0957. The highest BCUT2D eigenvalue weighted by Crippen LogP contribution is 2.56. The van der Waals surface area contributed by atoms with Gasteiger partial charge >= 0.3 is 0 Å². The molecule has 0 aromatic heterocycles. The normalized spacial score (nSPS) is 12.3. The predicted octanol–water partition coefficient (Wildman–Crippen LogP) is 11.2. The van der Waals surface area contributed by atoms with Crippen molar-refractivity contribution in [2.45, 2.75) is 0 Å². The van der Waals surface area contributed by atoms with Crippen molar-refractivity contribution >= 4 is 51.2 Å². The Morgan fingerprint density at radius 2 is 0.918 bits per heavy atom. The van der Waals surface area contributed by atoms with Gasteiger partial charge in [-0.2, -0.15) is 10.2 Å². The van der Waals surface area contributed by atoms with Crippen molar-refractivity contribution in [3.63, 3.8) is 0 Å². The summed E-state index contributed by atoms with van der Waals surface area (Å²) >= 11 is 0. The Morgan fingerprint density at radius 3 is 1.39 bits per heavy atom. The molecule has 49 heavy (non-hydrogen) atoms. The van der Waals surface area contributed by atoms with Crippen LogP contribution in [0.15, 0.2) is 93.3 Å². The van der Waals surface area contributed by atoms with E-state index in [1.165, 1.54) is 42.5 Å². The molecule has 0 spiro atoms. The summed E-state index contributed by atoms with van der Waals surface area (Å²) in [6.07, 6.45) is 0. The lowest BCUT2D eigenvalue weighted by Gasteiger charge is -2.33. The first-order chi connectivity index (χ1) is 23.4. The maximum atomic E-state index is 15.9. The lowest BCUT2D eigenvalue weighted by atomic mass is 10.1. The smallest absolute Gasteiger partial charge is 0.198 e. The van der Waals surface area contributed by atoms with E-state index in [9.17, 15) is 0 Å². The molecule has 0 saturated carbocycles. The Bertz CT molecular complexity index is 2080. The second kappa shape index (κ2) is 12.9. The summed E-state index contributed by atoms with van der Waals surface area (Å²) in [5.74, 6) is -14.9. The van der Waals surface area contributed by atoms with Gasteiger partial charge in [0.25, 0.3) is 0 Å². The molecule has 0 N–H and O–H groups in total. The average molecular weight is 680 g/mol. The minimum absolute atomic E-state index is 0.108. The van der Waals surface area contributed by atoms with Crippen molar-refractivity contribution in [3.05, 3.63) is 114 Å². The molecule has 1 aliphatic heterocycles. The molecule has 5 aromatic carbocycles. The minimum atomic E-state index is -2.05. The van der Waals surface area contributed by atoms with Gasteiger partial charge in [-0.25, -0.2) is 30.7 Å². The number of para-hydroxylation sites is 2. The van der Waals surface area contributed by atoms with E-state index < -0.39 is 74.9 Å². The maximum Gasteiger partial charge on any atom is 0.198 e. The van der Waals surface area contributed by atoms with Crippen molar-refractivity contribution in [2.75, 3.05) is 42.9 Å². The number of hydrogen-bond acceptors (Lipinski definition) is 8. The van der Waals surface area contributed by atoms with Crippen LogP contribution in [0, 0.1) is 40.7 Å². The van der Waals surface area contributed by atoms with Gasteiger partial charge < -0.3 is 14.5 Å². The lowest BCUT2D eigenvalue weighted by molar-refractivity contribution is 0.416. The number of nitrogens with zero attached hydrogens (tertiary/aromatic N) is 7. The van der Waals surface area contributed by atoms with Crippen LogP contribution >= 0.6 is 0 Å². The number of halogens is 7. The highest BCUT2D eigenvalue weighted by atomic mass is 19.2. The van der Waals surface area contributed by atoms with Gasteiger partial charge in [0.1, 0.15) is 11.4 Å². The fourth-order valence-corrected chi connectivity index (χ4v) is 4.93. The van der Waals surface area contributed by atoms with Crippen LogP contribution in [0.5, 0.6) is 11.5 Å². The number of ether oxygens (including phenoxy) is 1. The third-order valence-electron chi connectivity index (χ3n) is 7.48. The van der Waals surface area contributed by atoms with Gasteiger partial charge in [-0.1, -0.05) is 12.1 Å². The SMILES string of the molecule is CN(C)c1ccc(N=Nc2c(F)c(F)c(N3c4ccccc4Oc4c(F)c(N=Nc5ccc(N(C)C)cc5)c(F)c(F)c43)c(F)c2F)cc1. The zero-order valence-corrected chi connectivity index (χ0v) is 26.1. The van der Waals surface area contributed by atoms with Crippen molar-refractivity contribution in [1.82, 2.24) is 0 Å². The standard InChI is InChI=1S/C34H24F7N7O/c1-46(2)19-13-9-17(10-14-19)42-44-30-23(35)26(38)32(27(39)24(30)36)48-21-7-5-6-8-22(21)49-34-29(41)31(25(37)28(40)33(34)48)45-43-18-11-15-20(16-12-18)47(3)4/h5-16H,1-4H3. The number of benzene rings is 5. The number of azo groups is 2. The van der Waals surface area contributed by atoms with Crippen LogP contribution in [-0.2, 0) is 0 Å². The van der Waals surface area contributed by atoms with Gasteiger partial charge in [0.15, 0.2) is 63.6 Å². The van der Waals surface area contributed by atoms with E-state index >= 15 is 30.7 Å². The third-order valence-corrected chi connectivity index (χ3v) is 7.48. The molecule has 0 radical (unpaired) electrons. The molecule has 15 heteroatoms. The highest BCUT2D eigenvalue weighted by molar-refractivity contribution is 5.88. The van der Waals surface area contributed by atoms with Crippen LogP contribution in [0.25, 0.3) is 0 Å². The molecular formula is C34H24F7N7O. The summed E-state index contributed by atoms with van der Waals surface area (Å²) in [5.41, 5.74) is -3.95. The monoisotopic (exact) mass is 679 g/mol. The van der Waals surface area contributed by atoms with Crippen LogP contribution in [0.4, 0.5) is 81.9 Å². The van der Waals surface area contributed by atoms with Crippen LogP contribution < -0.4 is 19.4 Å². The third kappa shape index (κ3) is 5.87. The zero-order chi connectivity index (χ0) is 35.1. The molecule has 250 valence electrons. The number of hydrogen-bond donors (Lipinski definition) is 0. The van der Waals surface area contributed by atoms with Gasteiger partial charge in [0.2, 0.25) is 0 Å². The van der Waals surface area contributed by atoms with Crippen molar-refractivity contribution in [3.8, 4) is 11.5 Å². The van der Waals surface area contributed by atoms with E-state index in [1.54, 1.807) is 62.3 Å². The fraction of sp³-hybridized carbons (Fsp3) is 0.118. The first-order valence-electron chi connectivity index (χ1n) is 14.4. The Hall–Kier alpha value is -5.99. The molecule has 1 aliphatic rings. The summed E-state index contributed by atoms with van der Waals surface area (Å²) in [7, 11) is 7.16. The van der Waals surface area contributed by atoms with Gasteiger partial charge in [-0.3, -0.25) is 4.90 Å². The number of fused-ring (bicyclic) bond motifs is 2. The second-order valence-corrected chi connectivity index (χ2v) is 11.0. The van der Waals surface area contributed by atoms with Crippen LogP contribution in [-0.4, -0.2) is 28.2 Å².